The van der Waals surface area contributed by atoms with Crippen molar-refractivity contribution >= 4 is 16.9 Å². The summed E-state index contributed by atoms with van der Waals surface area (Å²) in [6.07, 6.45) is 2.04. The lowest BCUT2D eigenvalue weighted by Crippen LogP contribution is -2.47. The molecule has 0 radical (unpaired) electrons. The number of benzene rings is 1. The molecule has 1 aliphatic carbocycles. The molecule has 2 atom stereocenters. The summed E-state index contributed by atoms with van der Waals surface area (Å²) in [5.41, 5.74) is 1.66. The molecule has 4 rings (SSSR count). The minimum absolute atomic E-state index is 0.00145. The van der Waals surface area contributed by atoms with Gasteiger partial charge in [0.1, 0.15) is 5.82 Å². The summed E-state index contributed by atoms with van der Waals surface area (Å²) in [4.78, 5) is 17.8. The largest absolute Gasteiger partial charge is 0.273 e. The summed E-state index contributed by atoms with van der Waals surface area (Å²) in [6, 6.07) is 7.97. The van der Waals surface area contributed by atoms with Gasteiger partial charge in [-0.15, -0.1) is 0 Å². The van der Waals surface area contributed by atoms with E-state index in [1.54, 1.807) is 0 Å². The van der Waals surface area contributed by atoms with Gasteiger partial charge in [-0.05, 0) is 30.4 Å². The number of hydrogen-bond acceptors (Lipinski definition) is 2. The van der Waals surface area contributed by atoms with E-state index in [1.165, 1.54) is 0 Å². The number of para-hydroxylation sites is 2. The Bertz CT molecular complexity index is 713. The van der Waals surface area contributed by atoms with Crippen LogP contribution < -0.4 is 0 Å². The Morgan fingerprint density at radius 3 is 2.79 bits per heavy atom. The van der Waals surface area contributed by atoms with Crippen molar-refractivity contribution in [2.45, 2.75) is 39.5 Å². The molecule has 19 heavy (non-hydrogen) atoms. The van der Waals surface area contributed by atoms with Gasteiger partial charge >= 0.3 is 0 Å². The van der Waals surface area contributed by atoms with E-state index in [0.717, 1.165) is 29.7 Å². The van der Waals surface area contributed by atoms with Gasteiger partial charge in [-0.1, -0.05) is 32.9 Å². The summed E-state index contributed by atoms with van der Waals surface area (Å²) in [5, 5.41) is 0. The molecule has 0 spiro atoms. The molecule has 3 nitrogen and oxygen atoms in total. The number of imidazole rings is 1. The van der Waals surface area contributed by atoms with Gasteiger partial charge in [0.05, 0.1) is 16.4 Å². The molecular weight excluding hydrogens is 236 g/mol. The Balaban J connectivity index is 2.11. The Labute approximate surface area is 112 Å². The van der Waals surface area contributed by atoms with Crippen LogP contribution in [0.5, 0.6) is 0 Å². The highest BCUT2D eigenvalue weighted by atomic mass is 16.2. The van der Waals surface area contributed by atoms with Gasteiger partial charge in [-0.2, -0.15) is 0 Å². The summed E-state index contributed by atoms with van der Waals surface area (Å²) in [5.74, 6) is 1.60. The number of carbonyl (C=O) groups excluding carboxylic acids is 1. The zero-order chi connectivity index (χ0) is 13.4. The van der Waals surface area contributed by atoms with Crippen LogP contribution in [0.25, 0.3) is 11.0 Å². The SMILES string of the molecule is CC1(C)[C@@H]2CC[C@]1(C)C(=O)n1c2nc2ccccc21. The molecule has 98 valence electrons. The maximum atomic E-state index is 13.0. The maximum Gasteiger partial charge on any atom is 0.239 e. The molecule has 0 amide bonds. The van der Waals surface area contributed by atoms with Gasteiger partial charge in [0.15, 0.2) is 0 Å². The molecule has 1 aliphatic heterocycles. The van der Waals surface area contributed by atoms with Crippen LogP contribution in [0.2, 0.25) is 0 Å². The second kappa shape index (κ2) is 3.09. The number of aromatic nitrogens is 2. The van der Waals surface area contributed by atoms with Crippen LogP contribution in [0.4, 0.5) is 0 Å². The quantitative estimate of drug-likeness (QED) is 0.720. The monoisotopic (exact) mass is 254 g/mol. The summed E-state index contributed by atoms with van der Waals surface area (Å²) >= 11 is 0. The van der Waals surface area contributed by atoms with Gasteiger partial charge < -0.3 is 0 Å². The average molecular weight is 254 g/mol. The fourth-order valence-corrected chi connectivity index (χ4v) is 4.07. The smallest absolute Gasteiger partial charge is 0.239 e. The third kappa shape index (κ3) is 1.06. The topological polar surface area (TPSA) is 34.9 Å². The third-order valence-electron chi connectivity index (χ3n) is 5.80. The van der Waals surface area contributed by atoms with Gasteiger partial charge in [-0.25, -0.2) is 4.98 Å². The Morgan fingerprint density at radius 2 is 2.00 bits per heavy atom. The standard InChI is InChI=1S/C16H18N2O/c1-15(2)10-8-9-16(15,3)14(19)18-12-7-5-4-6-11(12)17-13(10)18/h4-7,10H,8-9H2,1-3H3/t10-,16-/m1/s1. The normalized spacial score (nSPS) is 31.7. The summed E-state index contributed by atoms with van der Waals surface area (Å²) < 4.78 is 1.89. The van der Waals surface area contributed by atoms with Gasteiger partial charge in [0, 0.05) is 5.92 Å². The zero-order valence-corrected chi connectivity index (χ0v) is 11.6. The first kappa shape index (κ1) is 11.2. The molecule has 3 heteroatoms. The van der Waals surface area contributed by atoms with Crippen molar-refractivity contribution in [3.8, 4) is 0 Å². The molecule has 0 N–H and O–H groups in total. The Kier molecular flexibility index (Phi) is 1.82. The highest BCUT2D eigenvalue weighted by Gasteiger charge is 2.61. The molecule has 2 aliphatic rings. The van der Waals surface area contributed by atoms with E-state index in [1.807, 2.05) is 28.8 Å². The number of carbonyl (C=O) groups is 1. The van der Waals surface area contributed by atoms with Gasteiger partial charge in [-0.3, -0.25) is 9.36 Å². The van der Waals surface area contributed by atoms with Crippen molar-refractivity contribution in [3.63, 3.8) is 0 Å². The second-order valence-electron chi connectivity index (χ2n) is 6.74. The fourth-order valence-electron chi connectivity index (χ4n) is 4.07. The van der Waals surface area contributed by atoms with Crippen molar-refractivity contribution in [3.05, 3.63) is 30.1 Å². The zero-order valence-electron chi connectivity index (χ0n) is 11.6. The van der Waals surface area contributed by atoms with E-state index in [0.29, 0.717) is 5.92 Å². The van der Waals surface area contributed by atoms with Crippen LogP contribution in [-0.4, -0.2) is 15.5 Å². The van der Waals surface area contributed by atoms with Crippen LogP contribution in [-0.2, 0) is 0 Å². The lowest BCUT2D eigenvalue weighted by atomic mass is 9.63. The molecule has 0 unspecified atom stereocenters. The molecular formula is C16H18N2O. The van der Waals surface area contributed by atoms with Gasteiger partial charge in [0.2, 0.25) is 5.91 Å². The van der Waals surface area contributed by atoms with Gasteiger partial charge in [0.25, 0.3) is 0 Å². The van der Waals surface area contributed by atoms with Crippen molar-refractivity contribution in [1.82, 2.24) is 9.55 Å². The first-order chi connectivity index (χ1) is 8.97. The van der Waals surface area contributed by atoms with Crippen molar-refractivity contribution < 1.29 is 4.79 Å². The maximum absolute atomic E-state index is 13.0. The lowest BCUT2D eigenvalue weighted by molar-refractivity contribution is 0.0413. The predicted octanol–water partition coefficient (Wildman–Crippen LogP) is 3.60. The predicted molar refractivity (Wildman–Crippen MR) is 74.2 cm³/mol. The summed E-state index contributed by atoms with van der Waals surface area (Å²) in [6.45, 7) is 6.59. The van der Waals surface area contributed by atoms with E-state index in [9.17, 15) is 4.79 Å². The van der Waals surface area contributed by atoms with E-state index in [-0.39, 0.29) is 16.7 Å². The highest BCUT2D eigenvalue weighted by Crippen LogP contribution is 2.63. The number of rotatable bonds is 0. The molecule has 1 fully saturated rings. The molecule has 1 aromatic carbocycles. The number of nitrogens with zero attached hydrogens (tertiary/aromatic N) is 2. The minimum Gasteiger partial charge on any atom is -0.273 e. The molecule has 2 heterocycles. The second-order valence-corrected chi connectivity index (χ2v) is 6.74. The number of fused-ring (bicyclic) bond motifs is 6. The molecule has 0 saturated heterocycles. The summed E-state index contributed by atoms with van der Waals surface area (Å²) in [7, 11) is 0. The highest BCUT2D eigenvalue weighted by molar-refractivity contribution is 5.96. The van der Waals surface area contributed by atoms with Crippen LogP contribution in [0.15, 0.2) is 24.3 Å². The van der Waals surface area contributed by atoms with E-state index >= 15 is 0 Å². The molecule has 1 aromatic heterocycles. The van der Waals surface area contributed by atoms with Crippen molar-refractivity contribution in [2.24, 2.45) is 10.8 Å². The lowest BCUT2D eigenvalue weighted by Gasteiger charge is -2.44. The van der Waals surface area contributed by atoms with Crippen molar-refractivity contribution in [1.29, 1.82) is 0 Å². The fraction of sp³-hybridized carbons (Fsp3) is 0.500. The third-order valence-corrected chi connectivity index (χ3v) is 5.80. The molecule has 1 saturated carbocycles. The first-order valence-electron chi connectivity index (χ1n) is 6.99. The van der Waals surface area contributed by atoms with Crippen LogP contribution in [0, 0.1) is 10.8 Å². The average Bonchev–Trinajstić information content (AvgIpc) is 2.82. The van der Waals surface area contributed by atoms with Crippen LogP contribution in [0.1, 0.15) is 50.1 Å². The Hall–Kier alpha value is -1.64. The van der Waals surface area contributed by atoms with Crippen LogP contribution in [0.3, 0.4) is 0 Å². The Morgan fingerprint density at radius 1 is 1.26 bits per heavy atom. The van der Waals surface area contributed by atoms with E-state index < -0.39 is 0 Å². The van der Waals surface area contributed by atoms with E-state index in [2.05, 4.69) is 20.8 Å². The molecule has 2 bridgehead atoms. The first-order valence-corrected chi connectivity index (χ1v) is 6.99. The number of hydrogen-bond donors (Lipinski definition) is 0. The van der Waals surface area contributed by atoms with Crippen LogP contribution >= 0.6 is 0 Å². The molecule has 2 aromatic rings. The minimum atomic E-state index is -0.256. The van der Waals surface area contributed by atoms with E-state index in [4.69, 9.17) is 4.98 Å². The van der Waals surface area contributed by atoms with Crippen molar-refractivity contribution in [2.75, 3.05) is 0 Å².